The summed E-state index contributed by atoms with van der Waals surface area (Å²) in [7, 11) is 0. The molecule has 0 heterocycles. The Bertz CT molecular complexity index is 824. The van der Waals surface area contributed by atoms with Gasteiger partial charge in [-0.3, -0.25) is 4.79 Å². The molecule has 0 saturated carbocycles. The van der Waals surface area contributed by atoms with Gasteiger partial charge in [-0.15, -0.1) is 0 Å². The van der Waals surface area contributed by atoms with Gasteiger partial charge in [0, 0.05) is 16.0 Å². The number of alkyl halides is 1. The molecule has 1 atom stereocenters. The highest BCUT2D eigenvalue weighted by atomic mass is 79.9. The molecule has 0 unspecified atom stereocenters. The summed E-state index contributed by atoms with van der Waals surface area (Å²) in [5.74, 6) is 0.0888. The number of ketones is 1. The van der Waals surface area contributed by atoms with E-state index in [-0.39, 0.29) is 10.6 Å². The molecule has 0 amide bonds. The van der Waals surface area contributed by atoms with Gasteiger partial charge in [-0.05, 0) is 35.2 Å². The predicted octanol–water partition coefficient (Wildman–Crippen LogP) is 5.61. The van der Waals surface area contributed by atoms with Crippen LogP contribution in [-0.4, -0.2) is 10.6 Å². The first-order valence-electron chi connectivity index (χ1n) is 6.37. The SMILES string of the molecule is C[C@@H](Br)C(=O)c1ccc2cc(Cl)c3ccccc3c2c1. The van der Waals surface area contributed by atoms with Crippen LogP contribution < -0.4 is 0 Å². The lowest BCUT2D eigenvalue weighted by molar-refractivity contribution is 0.0996. The number of fused-ring (bicyclic) bond motifs is 3. The van der Waals surface area contributed by atoms with Gasteiger partial charge in [0.25, 0.3) is 0 Å². The van der Waals surface area contributed by atoms with Gasteiger partial charge in [-0.2, -0.15) is 0 Å². The van der Waals surface area contributed by atoms with Crippen molar-refractivity contribution < 1.29 is 4.79 Å². The number of halogens is 2. The molecule has 3 aromatic rings. The number of rotatable bonds is 2. The van der Waals surface area contributed by atoms with Crippen LogP contribution >= 0.6 is 27.5 Å². The highest BCUT2D eigenvalue weighted by Gasteiger charge is 2.13. The quantitative estimate of drug-likeness (QED) is 0.334. The van der Waals surface area contributed by atoms with Crippen LogP contribution in [0.25, 0.3) is 21.5 Å². The monoisotopic (exact) mass is 346 g/mol. The summed E-state index contributed by atoms with van der Waals surface area (Å²) in [6, 6.07) is 15.7. The molecule has 0 aliphatic carbocycles. The van der Waals surface area contributed by atoms with E-state index < -0.39 is 0 Å². The van der Waals surface area contributed by atoms with Crippen LogP contribution in [0.15, 0.2) is 48.5 Å². The normalized spacial score (nSPS) is 12.8. The first kappa shape index (κ1) is 13.6. The highest BCUT2D eigenvalue weighted by Crippen LogP contribution is 2.32. The van der Waals surface area contributed by atoms with E-state index in [0.717, 1.165) is 26.6 Å². The van der Waals surface area contributed by atoms with E-state index in [4.69, 9.17) is 11.6 Å². The molecular weight excluding hydrogens is 336 g/mol. The van der Waals surface area contributed by atoms with E-state index in [0.29, 0.717) is 5.56 Å². The van der Waals surface area contributed by atoms with Crippen LogP contribution in [0.3, 0.4) is 0 Å². The molecule has 0 fully saturated rings. The second-order valence-corrected chi connectivity index (χ2v) is 6.60. The number of benzene rings is 3. The topological polar surface area (TPSA) is 17.1 Å². The van der Waals surface area contributed by atoms with E-state index in [1.54, 1.807) is 0 Å². The van der Waals surface area contributed by atoms with Gasteiger partial charge in [-0.1, -0.05) is 63.9 Å². The van der Waals surface area contributed by atoms with Crippen molar-refractivity contribution in [3.63, 3.8) is 0 Å². The summed E-state index contributed by atoms with van der Waals surface area (Å²) in [5.41, 5.74) is 0.717. The Labute approximate surface area is 130 Å². The minimum Gasteiger partial charge on any atom is -0.293 e. The second kappa shape index (κ2) is 5.19. The molecule has 3 aromatic carbocycles. The zero-order valence-corrected chi connectivity index (χ0v) is 13.2. The summed E-state index contributed by atoms with van der Waals surface area (Å²) in [6.45, 7) is 1.84. The summed E-state index contributed by atoms with van der Waals surface area (Å²) < 4.78 is 0. The fourth-order valence-corrected chi connectivity index (χ4v) is 2.99. The van der Waals surface area contributed by atoms with E-state index in [9.17, 15) is 4.79 Å². The molecule has 3 heteroatoms. The first-order chi connectivity index (χ1) is 9.58. The minimum atomic E-state index is -0.182. The number of carbonyl (C=O) groups excluding carboxylic acids is 1. The molecule has 3 rings (SSSR count). The van der Waals surface area contributed by atoms with Crippen molar-refractivity contribution in [2.75, 3.05) is 0 Å². The molecule has 0 N–H and O–H groups in total. The maximum atomic E-state index is 12.1. The average molecular weight is 348 g/mol. The molecule has 0 aliphatic rings. The summed E-state index contributed by atoms with van der Waals surface area (Å²) >= 11 is 9.65. The van der Waals surface area contributed by atoms with Crippen LogP contribution in [-0.2, 0) is 0 Å². The summed E-state index contributed by atoms with van der Waals surface area (Å²) in [4.78, 5) is 11.9. The Balaban J connectivity index is 2.35. The third kappa shape index (κ3) is 2.23. The van der Waals surface area contributed by atoms with Crippen LogP contribution in [0.1, 0.15) is 17.3 Å². The van der Waals surface area contributed by atoms with E-state index in [1.807, 2.05) is 55.5 Å². The third-order valence-electron chi connectivity index (χ3n) is 3.46. The van der Waals surface area contributed by atoms with Gasteiger partial charge < -0.3 is 0 Å². The Morgan fingerprint density at radius 2 is 1.75 bits per heavy atom. The second-order valence-electron chi connectivity index (χ2n) is 4.82. The van der Waals surface area contributed by atoms with E-state index in [1.165, 1.54) is 0 Å². The molecule has 0 radical (unpaired) electrons. The fourth-order valence-electron chi connectivity index (χ4n) is 2.44. The van der Waals surface area contributed by atoms with Gasteiger partial charge in [-0.25, -0.2) is 0 Å². The molecule has 0 aromatic heterocycles. The Kier molecular flexibility index (Phi) is 3.53. The number of hydrogen-bond acceptors (Lipinski definition) is 1. The van der Waals surface area contributed by atoms with Crippen molar-refractivity contribution in [1.82, 2.24) is 0 Å². The highest BCUT2D eigenvalue weighted by molar-refractivity contribution is 9.10. The molecule has 0 saturated heterocycles. The van der Waals surface area contributed by atoms with Crippen LogP contribution in [0.2, 0.25) is 5.02 Å². The van der Waals surface area contributed by atoms with Crippen molar-refractivity contribution in [2.24, 2.45) is 0 Å². The van der Waals surface area contributed by atoms with Gasteiger partial charge in [0.15, 0.2) is 5.78 Å². The average Bonchev–Trinajstić information content (AvgIpc) is 2.46. The zero-order chi connectivity index (χ0) is 14.3. The largest absolute Gasteiger partial charge is 0.293 e. The molecule has 100 valence electrons. The maximum absolute atomic E-state index is 12.1. The molecule has 20 heavy (non-hydrogen) atoms. The first-order valence-corrected chi connectivity index (χ1v) is 7.66. The smallest absolute Gasteiger partial charge is 0.176 e. The Morgan fingerprint density at radius 1 is 1.05 bits per heavy atom. The minimum absolute atomic E-state index is 0.0888. The van der Waals surface area contributed by atoms with Gasteiger partial charge in [0.05, 0.1) is 4.83 Å². The fraction of sp³-hybridized carbons (Fsp3) is 0.118. The standard InChI is InChI=1S/C17H12BrClO/c1-10(18)17(20)12-7-6-11-9-16(19)14-5-3-2-4-13(14)15(11)8-12/h2-10H,1H3/t10-/m1/s1. The lowest BCUT2D eigenvalue weighted by Gasteiger charge is -2.09. The Morgan fingerprint density at radius 3 is 2.45 bits per heavy atom. The van der Waals surface area contributed by atoms with E-state index in [2.05, 4.69) is 15.9 Å². The summed E-state index contributed by atoms with van der Waals surface area (Å²) in [5, 5.41) is 4.93. The van der Waals surface area contributed by atoms with Crippen LogP contribution in [0.4, 0.5) is 0 Å². The van der Waals surface area contributed by atoms with Crippen molar-refractivity contribution in [2.45, 2.75) is 11.8 Å². The van der Waals surface area contributed by atoms with Crippen LogP contribution in [0, 0.1) is 0 Å². The number of hydrogen-bond donors (Lipinski definition) is 0. The number of Topliss-reactive ketones (excluding diaryl/α,β-unsaturated/α-hetero) is 1. The Hall–Kier alpha value is -1.38. The maximum Gasteiger partial charge on any atom is 0.176 e. The molecule has 0 bridgehead atoms. The third-order valence-corrected chi connectivity index (χ3v) is 4.18. The van der Waals surface area contributed by atoms with Crippen molar-refractivity contribution in [3.8, 4) is 0 Å². The summed E-state index contributed by atoms with van der Waals surface area (Å²) in [6.07, 6.45) is 0. The van der Waals surface area contributed by atoms with E-state index >= 15 is 0 Å². The molecule has 1 nitrogen and oxygen atoms in total. The van der Waals surface area contributed by atoms with Crippen molar-refractivity contribution in [3.05, 3.63) is 59.1 Å². The van der Waals surface area contributed by atoms with Crippen molar-refractivity contribution >= 4 is 54.9 Å². The number of carbonyl (C=O) groups is 1. The predicted molar refractivity (Wildman–Crippen MR) is 89.2 cm³/mol. The molecule has 0 aliphatic heterocycles. The van der Waals surface area contributed by atoms with Gasteiger partial charge >= 0.3 is 0 Å². The molecule has 0 spiro atoms. The zero-order valence-electron chi connectivity index (χ0n) is 10.9. The van der Waals surface area contributed by atoms with Gasteiger partial charge in [0.1, 0.15) is 0 Å². The molecular formula is C17H12BrClO. The van der Waals surface area contributed by atoms with Crippen LogP contribution in [0.5, 0.6) is 0 Å². The van der Waals surface area contributed by atoms with Crippen molar-refractivity contribution in [1.29, 1.82) is 0 Å². The lowest BCUT2D eigenvalue weighted by Crippen LogP contribution is -2.09. The lowest BCUT2D eigenvalue weighted by atomic mass is 9.98. The van der Waals surface area contributed by atoms with Gasteiger partial charge in [0.2, 0.25) is 0 Å².